The first-order valence-electron chi connectivity index (χ1n) is 4.61. The van der Waals surface area contributed by atoms with Gasteiger partial charge in [0.05, 0.1) is 30.4 Å². The Labute approximate surface area is 95.8 Å². The van der Waals surface area contributed by atoms with Gasteiger partial charge in [-0.3, -0.25) is 4.79 Å². The highest BCUT2D eigenvalue weighted by atomic mass is 79.9. The third kappa shape index (κ3) is 1.98. The van der Waals surface area contributed by atoms with Crippen LogP contribution in [0.25, 0.3) is 0 Å². The zero-order chi connectivity index (χ0) is 11.0. The van der Waals surface area contributed by atoms with Gasteiger partial charge in [-0.2, -0.15) is 0 Å². The number of nitrogen functional groups attached to an aromatic ring is 1. The molecule has 1 amide bonds. The van der Waals surface area contributed by atoms with Gasteiger partial charge in [0.2, 0.25) is 5.91 Å². The molecule has 3 N–H and O–H groups in total. The first-order valence-corrected chi connectivity index (χ1v) is 5.40. The van der Waals surface area contributed by atoms with Crippen LogP contribution in [0.3, 0.4) is 0 Å². The summed E-state index contributed by atoms with van der Waals surface area (Å²) in [6.07, 6.45) is -0.407. The Balaban J connectivity index is 2.34. The number of benzene rings is 1. The Kier molecular flexibility index (Phi) is 2.67. The molecule has 2 rings (SSSR count). The number of aliphatic hydroxyl groups is 1. The summed E-state index contributed by atoms with van der Waals surface area (Å²) in [5.74, 6) is -0.0866. The molecule has 5 heteroatoms. The number of carbonyl (C=O) groups excluding carboxylic acids is 1. The molecule has 80 valence electrons. The zero-order valence-electron chi connectivity index (χ0n) is 7.98. The molecule has 0 aliphatic carbocycles. The van der Waals surface area contributed by atoms with Gasteiger partial charge in [-0.1, -0.05) is 15.9 Å². The third-order valence-electron chi connectivity index (χ3n) is 2.38. The van der Waals surface area contributed by atoms with Crippen LogP contribution in [0.1, 0.15) is 6.42 Å². The van der Waals surface area contributed by atoms with Crippen LogP contribution >= 0.6 is 15.9 Å². The minimum atomic E-state index is -0.583. The number of halogens is 1. The Morgan fingerprint density at radius 1 is 1.53 bits per heavy atom. The van der Waals surface area contributed by atoms with Crippen LogP contribution in [-0.2, 0) is 4.79 Å². The summed E-state index contributed by atoms with van der Waals surface area (Å²) in [6, 6.07) is 5.34. The van der Waals surface area contributed by atoms with Gasteiger partial charge in [0, 0.05) is 4.47 Å². The van der Waals surface area contributed by atoms with Crippen molar-refractivity contribution < 1.29 is 9.90 Å². The number of nitrogens with two attached hydrogens (primary N) is 1. The Morgan fingerprint density at radius 2 is 2.27 bits per heavy atom. The van der Waals surface area contributed by atoms with Gasteiger partial charge in [-0.15, -0.1) is 0 Å². The topological polar surface area (TPSA) is 66.6 Å². The Bertz CT molecular complexity index is 408. The van der Waals surface area contributed by atoms with E-state index in [2.05, 4.69) is 15.9 Å². The lowest BCUT2D eigenvalue weighted by Crippen LogP contribution is -2.26. The maximum atomic E-state index is 11.5. The van der Waals surface area contributed by atoms with E-state index in [1.165, 1.54) is 4.90 Å². The first kappa shape index (κ1) is 10.4. The maximum Gasteiger partial charge on any atom is 0.229 e. The van der Waals surface area contributed by atoms with Gasteiger partial charge in [-0.05, 0) is 18.2 Å². The quantitative estimate of drug-likeness (QED) is 0.752. The summed E-state index contributed by atoms with van der Waals surface area (Å²) in [5, 5.41) is 9.36. The van der Waals surface area contributed by atoms with Crippen LogP contribution < -0.4 is 10.6 Å². The predicted molar refractivity (Wildman–Crippen MR) is 61.5 cm³/mol. The van der Waals surface area contributed by atoms with E-state index < -0.39 is 6.10 Å². The number of aliphatic hydroxyl groups excluding tert-OH is 1. The maximum absolute atomic E-state index is 11.5. The Hall–Kier alpha value is -1.07. The van der Waals surface area contributed by atoms with E-state index in [4.69, 9.17) is 5.73 Å². The molecule has 0 spiro atoms. The molecule has 1 aliphatic rings. The van der Waals surface area contributed by atoms with E-state index in [1.807, 2.05) is 6.07 Å². The molecule has 4 nitrogen and oxygen atoms in total. The minimum Gasteiger partial charge on any atom is -0.397 e. The number of carbonyl (C=O) groups is 1. The van der Waals surface area contributed by atoms with Crippen LogP contribution in [0, 0.1) is 0 Å². The van der Waals surface area contributed by atoms with Crippen molar-refractivity contribution in [2.75, 3.05) is 17.2 Å². The number of anilines is 2. The fourth-order valence-electron chi connectivity index (χ4n) is 1.69. The molecular weight excluding hydrogens is 260 g/mol. The lowest BCUT2D eigenvalue weighted by Gasteiger charge is -2.18. The standard InChI is InChI=1S/C10H11BrN2O2/c11-6-1-2-9(8(12)3-6)13-5-7(14)4-10(13)15/h1-3,7,14H,4-5,12H2. The molecule has 1 unspecified atom stereocenters. The van der Waals surface area contributed by atoms with Crippen LogP contribution in [-0.4, -0.2) is 23.7 Å². The van der Waals surface area contributed by atoms with E-state index in [0.29, 0.717) is 17.9 Å². The summed E-state index contributed by atoms with van der Waals surface area (Å²) in [7, 11) is 0. The molecular formula is C10H11BrN2O2. The van der Waals surface area contributed by atoms with Crippen molar-refractivity contribution in [2.45, 2.75) is 12.5 Å². The third-order valence-corrected chi connectivity index (χ3v) is 2.88. The lowest BCUT2D eigenvalue weighted by molar-refractivity contribution is -0.117. The van der Waals surface area contributed by atoms with Crippen molar-refractivity contribution in [2.24, 2.45) is 0 Å². The van der Waals surface area contributed by atoms with Gasteiger partial charge in [0.25, 0.3) is 0 Å². The highest BCUT2D eigenvalue weighted by Gasteiger charge is 2.29. The fourth-order valence-corrected chi connectivity index (χ4v) is 2.07. The van der Waals surface area contributed by atoms with Gasteiger partial charge < -0.3 is 15.7 Å². The van der Waals surface area contributed by atoms with Gasteiger partial charge in [-0.25, -0.2) is 0 Å². The summed E-state index contributed by atoms with van der Waals surface area (Å²) < 4.78 is 0.871. The SMILES string of the molecule is Nc1cc(Br)ccc1N1CC(O)CC1=O. The monoisotopic (exact) mass is 270 g/mol. The number of rotatable bonds is 1. The molecule has 0 saturated carbocycles. The van der Waals surface area contributed by atoms with Crippen molar-refractivity contribution in [1.82, 2.24) is 0 Å². The molecule has 15 heavy (non-hydrogen) atoms. The van der Waals surface area contributed by atoms with Crippen molar-refractivity contribution in [3.05, 3.63) is 22.7 Å². The minimum absolute atomic E-state index is 0.0866. The van der Waals surface area contributed by atoms with Crippen LogP contribution in [0.2, 0.25) is 0 Å². The molecule has 1 aliphatic heterocycles. The van der Waals surface area contributed by atoms with Gasteiger partial charge in [0.15, 0.2) is 0 Å². The van der Waals surface area contributed by atoms with Crippen LogP contribution in [0.4, 0.5) is 11.4 Å². The second-order valence-electron chi connectivity index (χ2n) is 3.57. The average Bonchev–Trinajstić information content (AvgIpc) is 2.45. The zero-order valence-corrected chi connectivity index (χ0v) is 9.57. The van der Waals surface area contributed by atoms with Crippen molar-refractivity contribution >= 4 is 33.2 Å². The van der Waals surface area contributed by atoms with E-state index in [-0.39, 0.29) is 12.3 Å². The average molecular weight is 271 g/mol. The summed E-state index contributed by atoms with van der Waals surface area (Å²) in [6.45, 7) is 0.324. The van der Waals surface area contributed by atoms with E-state index in [9.17, 15) is 9.90 Å². The van der Waals surface area contributed by atoms with Crippen LogP contribution in [0.15, 0.2) is 22.7 Å². The molecule has 1 saturated heterocycles. The highest BCUT2D eigenvalue weighted by Crippen LogP contribution is 2.29. The molecule has 1 aromatic carbocycles. The molecule has 0 aromatic heterocycles. The number of β-amino-alcohol motifs (C(OH)–C–C–N with tert-alkyl or cyclic N) is 1. The fraction of sp³-hybridized carbons (Fsp3) is 0.300. The largest absolute Gasteiger partial charge is 0.397 e. The molecule has 0 bridgehead atoms. The summed E-state index contributed by atoms with van der Waals surface area (Å²) in [4.78, 5) is 13.0. The molecule has 1 heterocycles. The number of hydrogen-bond acceptors (Lipinski definition) is 3. The van der Waals surface area contributed by atoms with Gasteiger partial charge in [0.1, 0.15) is 0 Å². The first-order chi connectivity index (χ1) is 7.08. The van der Waals surface area contributed by atoms with E-state index in [1.54, 1.807) is 12.1 Å². The van der Waals surface area contributed by atoms with Gasteiger partial charge >= 0.3 is 0 Å². The van der Waals surface area contributed by atoms with Crippen LogP contribution in [0.5, 0.6) is 0 Å². The lowest BCUT2D eigenvalue weighted by atomic mass is 10.2. The van der Waals surface area contributed by atoms with Crippen molar-refractivity contribution in [3.8, 4) is 0 Å². The summed E-state index contributed by atoms with van der Waals surface area (Å²) >= 11 is 3.30. The van der Waals surface area contributed by atoms with Crippen molar-refractivity contribution in [1.29, 1.82) is 0 Å². The Morgan fingerprint density at radius 3 is 2.80 bits per heavy atom. The number of hydrogen-bond donors (Lipinski definition) is 2. The normalized spacial score (nSPS) is 21.1. The second kappa shape index (κ2) is 3.83. The second-order valence-corrected chi connectivity index (χ2v) is 4.48. The van der Waals surface area contributed by atoms with E-state index in [0.717, 1.165) is 4.47 Å². The van der Waals surface area contributed by atoms with Crippen molar-refractivity contribution in [3.63, 3.8) is 0 Å². The number of amides is 1. The van der Waals surface area contributed by atoms with E-state index >= 15 is 0 Å². The molecule has 0 radical (unpaired) electrons. The number of nitrogens with zero attached hydrogens (tertiary/aromatic N) is 1. The smallest absolute Gasteiger partial charge is 0.229 e. The molecule has 1 atom stereocenters. The summed E-state index contributed by atoms with van der Waals surface area (Å²) in [5.41, 5.74) is 7.00. The molecule has 1 aromatic rings. The highest BCUT2D eigenvalue weighted by molar-refractivity contribution is 9.10. The molecule has 1 fully saturated rings. The predicted octanol–water partition coefficient (Wildman–Crippen LogP) is 1.13.